The van der Waals surface area contributed by atoms with Crippen LogP contribution in [0.3, 0.4) is 0 Å². The van der Waals surface area contributed by atoms with Crippen LogP contribution in [0.5, 0.6) is 5.75 Å². The largest absolute Gasteiger partial charge is 0.497 e. The van der Waals surface area contributed by atoms with Crippen molar-refractivity contribution in [2.45, 2.75) is 50.2 Å². The van der Waals surface area contributed by atoms with Gasteiger partial charge < -0.3 is 24.4 Å². The number of fused-ring (bicyclic) bond motifs is 3. The van der Waals surface area contributed by atoms with Crippen LogP contribution in [0.15, 0.2) is 54.7 Å². The Hall–Kier alpha value is -3.73. The second-order valence-electron chi connectivity index (χ2n) is 13.1. The first-order valence-electron chi connectivity index (χ1n) is 15.1. The Morgan fingerprint density at radius 3 is 2.67 bits per heavy atom. The highest BCUT2D eigenvalue weighted by Gasteiger charge is 2.65. The van der Waals surface area contributed by atoms with E-state index in [1.807, 2.05) is 29.1 Å². The number of aromatic nitrogens is 3. The Morgan fingerprint density at radius 2 is 1.93 bits per heavy atom. The van der Waals surface area contributed by atoms with Crippen LogP contribution >= 0.6 is 0 Å². The fraction of sp³-hybridized carbons (Fsp3) is 0.424. The molecule has 9 nitrogen and oxygen atoms in total. The third kappa shape index (κ3) is 5.11. The number of nitrogens with one attached hydrogen (secondary N) is 1. The predicted molar refractivity (Wildman–Crippen MR) is 171 cm³/mol. The van der Waals surface area contributed by atoms with Crippen molar-refractivity contribution < 1.29 is 19.0 Å². The molecule has 2 aromatic carbocycles. The molecule has 43 heavy (non-hydrogen) atoms. The molecule has 1 amide bonds. The van der Waals surface area contributed by atoms with Gasteiger partial charge in [0.05, 0.1) is 31.3 Å². The van der Waals surface area contributed by atoms with Gasteiger partial charge in [0.2, 0.25) is 5.91 Å². The van der Waals surface area contributed by atoms with Gasteiger partial charge in [0, 0.05) is 56.5 Å². The van der Waals surface area contributed by atoms with E-state index in [2.05, 4.69) is 60.2 Å². The number of hydrogen-bond donors (Lipinski definition) is 1. The van der Waals surface area contributed by atoms with Crippen molar-refractivity contribution in [3.05, 3.63) is 65.9 Å². The van der Waals surface area contributed by atoms with Crippen molar-refractivity contribution in [2.75, 3.05) is 50.2 Å². The van der Waals surface area contributed by atoms with Crippen molar-refractivity contribution in [2.24, 2.45) is 0 Å². The summed E-state index contributed by atoms with van der Waals surface area (Å²) in [6.45, 7) is 11.3. The molecule has 2 atom stereocenters. The van der Waals surface area contributed by atoms with Gasteiger partial charge in [0.15, 0.2) is 0 Å². The predicted octanol–water partition coefficient (Wildman–Crippen LogP) is 5.63. The Labute approximate surface area is 253 Å². The number of amides is 1. The number of carbonyl (C=O) groups is 1. The van der Waals surface area contributed by atoms with Crippen LogP contribution in [0.4, 0.5) is 11.5 Å². The van der Waals surface area contributed by atoms with E-state index >= 15 is 0 Å². The van der Waals surface area contributed by atoms with Crippen LogP contribution in [-0.4, -0.2) is 68.8 Å². The quantitative estimate of drug-likeness (QED) is 0.197. The third-order valence-corrected chi connectivity index (χ3v) is 10.8. The molecular weight excluding hydrogens is 558 g/mol. The first kappa shape index (κ1) is 28.1. The fourth-order valence-corrected chi connectivity index (χ4v) is 7.21. The molecule has 0 bridgehead atoms. The molecule has 4 aromatic rings. The summed E-state index contributed by atoms with van der Waals surface area (Å²) in [7, 11) is 0.445. The molecule has 1 saturated carbocycles. The van der Waals surface area contributed by atoms with E-state index in [0.29, 0.717) is 13.3 Å². The molecule has 1 spiro atoms. The number of benzene rings is 2. The van der Waals surface area contributed by atoms with Crippen LogP contribution in [0, 0.1) is 0 Å². The van der Waals surface area contributed by atoms with Gasteiger partial charge in [-0.25, -0.2) is 9.67 Å². The van der Waals surface area contributed by atoms with Gasteiger partial charge in [-0.1, -0.05) is 31.8 Å². The molecule has 224 valence electrons. The zero-order chi connectivity index (χ0) is 29.8. The monoisotopic (exact) mass is 597 g/mol. The number of morpholine rings is 1. The lowest BCUT2D eigenvalue weighted by atomic mass is 9.91. The molecule has 1 aliphatic carbocycles. The second-order valence-corrected chi connectivity index (χ2v) is 18.7. The van der Waals surface area contributed by atoms with E-state index in [-0.39, 0.29) is 11.8 Å². The molecule has 7 rings (SSSR count). The topological polar surface area (TPSA) is 90.7 Å². The van der Waals surface area contributed by atoms with Crippen LogP contribution in [0.1, 0.15) is 23.5 Å². The maximum absolute atomic E-state index is 13.3. The van der Waals surface area contributed by atoms with Gasteiger partial charge in [-0.05, 0) is 60.0 Å². The van der Waals surface area contributed by atoms with Crippen LogP contribution in [-0.2, 0) is 26.4 Å². The summed E-state index contributed by atoms with van der Waals surface area (Å²) >= 11 is 0. The van der Waals surface area contributed by atoms with E-state index in [4.69, 9.17) is 24.3 Å². The number of carbonyl (C=O) groups excluding carboxylic acids is 1. The smallest absolute Gasteiger partial charge is 0.235 e. The molecule has 10 heteroatoms. The number of nitrogens with zero attached hydrogens (tertiary/aromatic N) is 4. The molecule has 1 saturated heterocycles. The molecule has 0 radical (unpaired) electrons. The third-order valence-electron chi connectivity index (χ3n) is 9.07. The minimum atomic E-state index is -1.21. The normalized spacial score (nSPS) is 21.3. The maximum atomic E-state index is 13.3. The lowest BCUT2D eigenvalue weighted by Crippen LogP contribution is -2.36. The second kappa shape index (κ2) is 10.8. The number of anilines is 2. The van der Waals surface area contributed by atoms with Crippen molar-refractivity contribution in [1.82, 2.24) is 14.8 Å². The summed E-state index contributed by atoms with van der Waals surface area (Å²) in [5.74, 6) is 1.87. The van der Waals surface area contributed by atoms with E-state index in [1.54, 1.807) is 7.11 Å². The van der Waals surface area contributed by atoms with E-state index in [9.17, 15) is 4.79 Å². The molecule has 1 N–H and O–H groups in total. The minimum absolute atomic E-state index is 0.0659. The lowest BCUT2D eigenvalue weighted by molar-refractivity contribution is -0.118. The highest BCUT2D eigenvalue weighted by molar-refractivity contribution is 6.76. The van der Waals surface area contributed by atoms with Crippen molar-refractivity contribution >= 4 is 36.4 Å². The van der Waals surface area contributed by atoms with Gasteiger partial charge in [-0.2, -0.15) is 5.10 Å². The lowest BCUT2D eigenvalue weighted by Gasteiger charge is -2.27. The molecule has 2 aliphatic heterocycles. The Balaban J connectivity index is 1.22. The highest BCUT2D eigenvalue weighted by Crippen LogP contribution is 2.65. The highest BCUT2D eigenvalue weighted by atomic mass is 28.3. The molecule has 2 aromatic heterocycles. The van der Waals surface area contributed by atoms with Gasteiger partial charge in [0.1, 0.15) is 24.0 Å². The summed E-state index contributed by atoms with van der Waals surface area (Å²) in [4.78, 5) is 20.3. The van der Waals surface area contributed by atoms with Gasteiger partial charge in [-0.15, -0.1) is 0 Å². The summed E-state index contributed by atoms with van der Waals surface area (Å²) in [6.07, 6.45) is 2.69. The van der Waals surface area contributed by atoms with Crippen LogP contribution in [0.2, 0.25) is 25.7 Å². The van der Waals surface area contributed by atoms with Crippen molar-refractivity contribution in [3.8, 4) is 17.0 Å². The minimum Gasteiger partial charge on any atom is -0.497 e. The first-order valence-corrected chi connectivity index (χ1v) is 18.8. The summed E-state index contributed by atoms with van der Waals surface area (Å²) in [5, 5.41) is 9.20. The number of ether oxygens (including phenoxy) is 3. The summed E-state index contributed by atoms with van der Waals surface area (Å²) in [5.41, 5.74) is 5.34. The number of methoxy groups -OCH3 is 1. The number of rotatable bonds is 9. The van der Waals surface area contributed by atoms with Crippen molar-refractivity contribution in [1.29, 1.82) is 0 Å². The maximum Gasteiger partial charge on any atom is 0.235 e. The first-order chi connectivity index (χ1) is 20.8. The van der Waals surface area contributed by atoms with E-state index in [1.165, 1.54) is 0 Å². The number of hydrogen-bond acceptors (Lipinski definition) is 7. The number of pyridine rings is 1. The van der Waals surface area contributed by atoms with E-state index < -0.39 is 13.5 Å². The van der Waals surface area contributed by atoms with Gasteiger partial charge >= 0.3 is 0 Å². The average molecular weight is 598 g/mol. The Morgan fingerprint density at radius 1 is 1.09 bits per heavy atom. The van der Waals surface area contributed by atoms with Crippen LogP contribution < -0.4 is 15.0 Å². The molecular formula is C33H39N5O4Si. The zero-order valence-electron chi connectivity index (χ0n) is 25.4. The summed E-state index contributed by atoms with van der Waals surface area (Å²) in [6, 6.07) is 17.6. The van der Waals surface area contributed by atoms with Gasteiger partial charge in [-0.3, -0.25) is 4.79 Å². The Bertz CT molecular complexity index is 1680. The molecule has 4 heterocycles. The molecule has 0 unspecified atom stereocenters. The standard InChI is InChI=1S/C33H39N5O4Si/c1-40-24-7-9-28-26(18-24)33(32(39)35-28)19-27(33)22-5-8-25-29(17-22)38(21-42-15-16-43(2,3)4)36-31(25)23-6-10-30(34-20-23)37-11-13-41-14-12-37/h5-10,17-18,20,27H,11-16,19,21H2,1-4H3,(H,35,39)/t27-,33-/m0/s1. The van der Waals surface area contributed by atoms with Crippen LogP contribution in [0.25, 0.3) is 22.2 Å². The average Bonchev–Trinajstić information content (AvgIpc) is 3.59. The summed E-state index contributed by atoms with van der Waals surface area (Å²) < 4.78 is 19.1. The fourth-order valence-electron chi connectivity index (χ4n) is 6.45. The zero-order valence-corrected chi connectivity index (χ0v) is 26.4. The molecule has 2 fully saturated rings. The molecule has 3 aliphatic rings. The van der Waals surface area contributed by atoms with Crippen molar-refractivity contribution in [3.63, 3.8) is 0 Å². The van der Waals surface area contributed by atoms with Gasteiger partial charge in [0.25, 0.3) is 0 Å². The Kier molecular flexibility index (Phi) is 7.02. The van der Waals surface area contributed by atoms with E-state index in [0.717, 1.165) is 89.3 Å². The SMILES string of the molecule is COc1ccc2c(c1)[C@]1(C[C@H]1c1ccc3c(-c4ccc(N5CCOCC5)nc4)nn(COCC[Si](C)(C)C)c3c1)C(=O)N2.